The molecule has 0 saturated carbocycles. The third kappa shape index (κ3) is 2.51. The molecule has 21 heavy (non-hydrogen) atoms. The zero-order valence-corrected chi connectivity index (χ0v) is 13.4. The van der Waals surface area contributed by atoms with Crippen molar-refractivity contribution in [2.75, 3.05) is 11.9 Å². The Hall–Kier alpha value is -1.94. The minimum Gasteiger partial charge on any atom is -0.370 e. The van der Waals surface area contributed by atoms with Crippen molar-refractivity contribution in [3.63, 3.8) is 0 Å². The van der Waals surface area contributed by atoms with E-state index in [2.05, 4.69) is 55.7 Å². The number of aromatic nitrogens is 2. The van der Waals surface area contributed by atoms with E-state index in [4.69, 9.17) is 9.97 Å². The Morgan fingerprint density at radius 2 is 1.95 bits per heavy atom. The van der Waals surface area contributed by atoms with Crippen LogP contribution in [0.5, 0.6) is 0 Å². The van der Waals surface area contributed by atoms with Crippen LogP contribution in [0.3, 0.4) is 0 Å². The number of hydrogen-bond donors (Lipinski definition) is 1. The fourth-order valence-electron chi connectivity index (χ4n) is 2.52. The van der Waals surface area contributed by atoms with Gasteiger partial charge in [-0.1, -0.05) is 25.1 Å². The molecule has 0 bridgehead atoms. The van der Waals surface area contributed by atoms with Gasteiger partial charge in [-0.25, -0.2) is 9.97 Å². The molecule has 1 aromatic carbocycles. The molecule has 0 amide bonds. The summed E-state index contributed by atoms with van der Waals surface area (Å²) >= 11 is 1.75. The molecule has 0 aliphatic rings. The number of hydrogen-bond acceptors (Lipinski definition) is 4. The summed E-state index contributed by atoms with van der Waals surface area (Å²) in [6, 6.07) is 8.42. The lowest BCUT2D eigenvalue weighted by Gasteiger charge is -2.12. The quantitative estimate of drug-likeness (QED) is 0.761. The number of fused-ring (bicyclic) bond motifs is 1. The van der Waals surface area contributed by atoms with Gasteiger partial charge in [0, 0.05) is 38.8 Å². The summed E-state index contributed by atoms with van der Waals surface area (Å²) in [6.07, 6.45) is 0.918. The highest BCUT2D eigenvalue weighted by atomic mass is 32.1. The molecule has 2 aromatic heterocycles. The average Bonchev–Trinajstić information content (AvgIpc) is 2.93. The molecule has 0 radical (unpaired) electrons. The molecule has 3 nitrogen and oxygen atoms in total. The Kier molecular flexibility index (Phi) is 3.88. The van der Waals surface area contributed by atoms with Gasteiger partial charge in [-0.05, 0) is 26.3 Å². The summed E-state index contributed by atoms with van der Waals surface area (Å²) in [5.74, 6) is 1.78. The van der Waals surface area contributed by atoms with Crippen molar-refractivity contribution in [1.82, 2.24) is 9.97 Å². The lowest BCUT2D eigenvalue weighted by Crippen LogP contribution is -2.07. The summed E-state index contributed by atoms with van der Waals surface area (Å²) < 4.78 is 1.28. The minimum absolute atomic E-state index is 0.825. The van der Waals surface area contributed by atoms with Crippen molar-refractivity contribution in [3.05, 3.63) is 40.9 Å². The van der Waals surface area contributed by atoms with E-state index in [1.165, 1.54) is 10.1 Å². The Labute approximate surface area is 129 Å². The van der Waals surface area contributed by atoms with Gasteiger partial charge in [-0.2, -0.15) is 0 Å². The summed E-state index contributed by atoms with van der Waals surface area (Å²) in [4.78, 5) is 9.53. The first kappa shape index (κ1) is 14.0. The van der Waals surface area contributed by atoms with E-state index in [0.717, 1.165) is 41.4 Å². The summed E-state index contributed by atoms with van der Waals surface area (Å²) in [5, 5.41) is 6.74. The van der Waals surface area contributed by atoms with Crippen molar-refractivity contribution in [2.45, 2.75) is 27.2 Å². The first-order valence-electron chi connectivity index (χ1n) is 7.32. The molecular formula is C17H19N3S. The van der Waals surface area contributed by atoms with E-state index in [1.807, 2.05) is 0 Å². The number of anilines is 1. The van der Waals surface area contributed by atoms with Gasteiger partial charge in [0.25, 0.3) is 0 Å². The van der Waals surface area contributed by atoms with Gasteiger partial charge in [-0.3, -0.25) is 0 Å². The molecule has 3 aromatic rings. The maximum Gasteiger partial charge on any atom is 0.163 e. The standard InChI is InChI=1S/C17H19N3S/c1-4-14-11(3)16(18-5-2)20-17(19-14)13-10-21-15-9-7-6-8-12(13)15/h6-10H,4-5H2,1-3H3,(H,18,19,20). The Balaban J connectivity index is 2.19. The molecule has 2 heterocycles. The van der Waals surface area contributed by atoms with Gasteiger partial charge in [0.05, 0.1) is 0 Å². The number of nitrogens with one attached hydrogen (secondary N) is 1. The molecule has 1 N–H and O–H groups in total. The van der Waals surface area contributed by atoms with Crippen molar-refractivity contribution in [3.8, 4) is 11.4 Å². The zero-order chi connectivity index (χ0) is 14.8. The van der Waals surface area contributed by atoms with Crippen LogP contribution in [0.15, 0.2) is 29.6 Å². The molecule has 0 spiro atoms. The molecule has 0 aliphatic carbocycles. The first-order valence-corrected chi connectivity index (χ1v) is 8.20. The van der Waals surface area contributed by atoms with E-state index in [-0.39, 0.29) is 0 Å². The second-order valence-corrected chi connectivity index (χ2v) is 5.91. The molecule has 0 unspecified atom stereocenters. The van der Waals surface area contributed by atoms with Crippen LogP contribution in [-0.4, -0.2) is 16.5 Å². The Morgan fingerprint density at radius 1 is 1.14 bits per heavy atom. The smallest absolute Gasteiger partial charge is 0.163 e. The Morgan fingerprint density at radius 3 is 2.71 bits per heavy atom. The van der Waals surface area contributed by atoms with E-state index in [9.17, 15) is 0 Å². The van der Waals surface area contributed by atoms with Crippen LogP contribution < -0.4 is 5.32 Å². The van der Waals surface area contributed by atoms with E-state index >= 15 is 0 Å². The molecule has 108 valence electrons. The van der Waals surface area contributed by atoms with Gasteiger partial charge < -0.3 is 5.32 Å². The summed E-state index contributed by atoms with van der Waals surface area (Å²) in [6.45, 7) is 7.19. The molecule has 0 saturated heterocycles. The highest BCUT2D eigenvalue weighted by Gasteiger charge is 2.13. The monoisotopic (exact) mass is 297 g/mol. The largest absolute Gasteiger partial charge is 0.370 e. The van der Waals surface area contributed by atoms with Crippen molar-refractivity contribution in [1.29, 1.82) is 0 Å². The normalized spacial score (nSPS) is 11.0. The predicted molar refractivity (Wildman–Crippen MR) is 91.1 cm³/mol. The van der Waals surface area contributed by atoms with Crippen LogP contribution in [0.25, 0.3) is 21.5 Å². The fraction of sp³-hybridized carbons (Fsp3) is 0.294. The highest BCUT2D eigenvalue weighted by molar-refractivity contribution is 7.17. The zero-order valence-electron chi connectivity index (χ0n) is 12.6. The van der Waals surface area contributed by atoms with Gasteiger partial charge in [-0.15, -0.1) is 11.3 Å². The van der Waals surface area contributed by atoms with Crippen LogP contribution in [0, 0.1) is 6.92 Å². The fourth-order valence-corrected chi connectivity index (χ4v) is 3.46. The summed E-state index contributed by atoms with van der Waals surface area (Å²) in [5.41, 5.74) is 3.40. The summed E-state index contributed by atoms with van der Waals surface area (Å²) in [7, 11) is 0. The van der Waals surface area contributed by atoms with E-state index in [1.54, 1.807) is 11.3 Å². The molecule has 4 heteroatoms. The highest BCUT2D eigenvalue weighted by Crippen LogP contribution is 2.33. The second-order valence-electron chi connectivity index (χ2n) is 5.00. The van der Waals surface area contributed by atoms with Crippen molar-refractivity contribution in [2.24, 2.45) is 0 Å². The molecule has 3 rings (SSSR count). The van der Waals surface area contributed by atoms with Gasteiger partial charge in [0.15, 0.2) is 5.82 Å². The molecule has 0 aliphatic heterocycles. The number of rotatable bonds is 4. The van der Waals surface area contributed by atoms with Crippen molar-refractivity contribution >= 4 is 27.2 Å². The first-order chi connectivity index (χ1) is 10.2. The van der Waals surface area contributed by atoms with Gasteiger partial charge in [0.2, 0.25) is 0 Å². The van der Waals surface area contributed by atoms with Gasteiger partial charge >= 0.3 is 0 Å². The maximum absolute atomic E-state index is 4.78. The molecule has 0 atom stereocenters. The second kappa shape index (κ2) is 5.82. The SMILES string of the molecule is CCNc1nc(-c2csc3ccccc23)nc(CC)c1C. The Bertz CT molecular complexity index is 777. The minimum atomic E-state index is 0.825. The molecule has 0 fully saturated rings. The lowest BCUT2D eigenvalue weighted by molar-refractivity contribution is 0.972. The third-order valence-electron chi connectivity index (χ3n) is 3.65. The average molecular weight is 297 g/mol. The number of thiophene rings is 1. The third-order valence-corrected chi connectivity index (χ3v) is 4.61. The van der Waals surface area contributed by atoms with Crippen LogP contribution in [0.1, 0.15) is 25.1 Å². The number of nitrogens with zero attached hydrogens (tertiary/aromatic N) is 2. The van der Waals surface area contributed by atoms with Crippen LogP contribution >= 0.6 is 11.3 Å². The lowest BCUT2D eigenvalue weighted by atomic mass is 10.1. The van der Waals surface area contributed by atoms with E-state index < -0.39 is 0 Å². The topological polar surface area (TPSA) is 37.8 Å². The van der Waals surface area contributed by atoms with Crippen LogP contribution in [-0.2, 0) is 6.42 Å². The number of benzene rings is 1. The van der Waals surface area contributed by atoms with E-state index in [0.29, 0.717) is 0 Å². The predicted octanol–water partition coefficient (Wildman–Crippen LogP) is 4.66. The van der Waals surface area contributed by atoms with Crippen LogP contribution in [0.4, 0.5) is 5.82 Å². The van der Waals surface area contributed by atoms with Crippen LogP contribution in [0.2, 0.25) is 0 Å². The van der Waals surface area contributed by atoms with Gasteiger partial charge in [0.1, 0.15) is 5.82 Å². The number of aryl methyl sites for hydroxylation is 1. The maximum atomic E-state index is 4.78. The molecular weight excluding hydrogens is 278 g/mol. The van der Waals surface area contributed by atoms with Crippen molar-refractivity contribution < 1.29 is 0 Å².